The summed E-state index contributed by atoms with van der Waals surface area (Å²) in [5, 5.41) is 0. The maximum absolute atomic E-state index is 6.16. The molecule has 0 spiro atoms. The van der Waals surface area contributed by atoms with Crippen molar-refractivity contribution >= 4 is 16.9 Å². The number of aromatic nitrogens is 3. The molecule has 2 atom stereocenters. The average molecular weight is 245 g/mol. The van der Waals surface area contributed by atoms with Crippen LogP contribution in [0.2, 0.25) is 0 Å². The fourth-order valence-electron chi connectivity index (χ4n) is 2.57. The Labute approximate surface area is 107 Å². The van der Waals surface area contributed by atoms with E-state index in [1.54, 1.807) is 0 Å². The molecule has 5 heteroatoms. The molecule has 1 saturated heterocycles. The molecule has 2 N–H and O–H groups in total. The number of hydrogen-bond acceptors (Lipinski definition) is 4. The highest BCUT2D eigenvalue weighted by Gasteiger charge is 2.25. The Morgan fingerprint density at radius 1 is 1.39 bits per heavy atom. The van der Waals surface area contributed by atoms with E-state index in [1.165, 1.54) is 0 Å². The zero-order valence-corrected chi connectivity index (χ0v) is 10.9. The molecular formula is C13H19N5. The molecular weight excluding hydrogens is 226 g/mol. The number of piperidine rings is 1. The highest BCUT2D eigenvalue weighted by Crippen LogP contribution is 2.26. The lowest BCUT2D eigenvalue weighted by molar-refractivity contribution is 0.378. The van der Waals surface area contributed by atoms with Crippen molar-refractivity contribution in [1.82, 2.24) is 14.5 Å². The number of pyridine rings is 1. The minimum atomic E-state index is 0.222. The van der Waals surface area contributed by atoms with Crippen LogP contribution in [0, 0.1) is 5.92 Å². The van der Waals surface area contributed by atoms with Gasteiger partial charge in [0.1, 0.15) is 5.52 Å². The number of aryl methyl sites for hydroxylation is 1. The first-order valence-electron chi connectivity index (χ1n) is 6.43. The van der Waals surface area contributed by atoms with Crippen molar-refractivity contribution in [2.24, 2.45) is 18.7 Å². The molecule has 2 aromatic rings. The molecule has 0 bridgehead atoms. The van der Waals surface area contributed by atoms with Crippen molar-refractivity contribution in [2.75, 3.05) is 18.0 Å². The predicted octanol–water partition coefficient (Wildman–Crippen LogP) is 1.14. The molecule has 18 heavy (non-hydrogen) atoms. The van der Waals surface area contributed by atoms with Crippen LogP contribution < -0.4 is 10.6 Å². The van der Waals surface area contributed by atoms with Gasteiger partial charge in [-0.3, -0.25) is 0 Å². The van der Waals surface area contributed by atoms with Crippen LogP contribution in [0.1, 0.15) is 13.3 Å². The SMILES string of the molecule is CC1CCN(c2nccc3c2ncn3C)CC1N. The third-order valence-corrected chi connectivity index (χ3v) is 3.94. The van der Waals surface area contributed by atoms with E-state index in [9.17, 15) is 0 Å². The van der Waals surface area contributed by atoms with Gasteiger partial charge in [0, 0.05) is 32.4 Å². The van der Waals surface area contributed by atoms with Crippen molar-refractivity contribution in [3.63, 3.8) is 0 Å². The fraction of sp³-hybridized carbons (Fsp3) is 0.538. The van der Waals surface area contributed by atoms with E-state index in [0.717, 1.165) is 36.4 Å². The topological polar surface area (TPSA) is 60.0 Å². The van der Waals surface area contributed by atoms with Gasteiger partial charge in [-0.25, -0.2) is 9.97 Å². The standard InChI is InChI=1S/C13H19N5/c1-9-4-6-18(7-10(9)14)13-12-11(3-5-15-13)17(2)8-16-12/h3,5,8-10H,4,6-7,14H2,1-2H3. The van der Waals surface area contributed by atoms with Gasteiger partial charge in [-0.05, 0) is 18.4 Å². The molecule has 0 aromatic carbocycles. The fourth-order valence-corrected chi connectivity index (χ4v) is 2.57. The van der Waals surface area contributed by atoms with Gasteiger partial charge >= 0.3 is 0 Å². The third-order valence-electron chi connectivity index (χ3n) is 3.94. The van der Waals surface area contributed by atoms with Crippen molar-refractivity contribution in [2.45, 2.75) is 19.4 Å². The molecule has 3 heterocycles. The lowest BCUT2D eigenvalue weighted by Crippen LogP contribution is -2.48. The summed E-state index contributed by atoms with van der Waals surface area (Å²) in [6, 6.07) is 2.22. The van der Waals surface area contributed by atoms with Gasteiger partial charge in [-0.15, -0.1) is 0 Å². The van der Waals surface area contributed by atoms with Crippen molar-refractivity contribution in [3.8, 4) is 0 Å². The number of nitrogens with two attached hydrogens (primary N) is 1. The lowest BCUT2D eigenvalue weighted by Gasteiger charge is -2.35. The molecule has 2 unspecified atom stereocenters. The van der Waals surface area contributed by atoms with Crippen molar-refractivity contribution < 1.29 is 0 Å². The Kier molecular flexibility index (Phi) is 2.70. The monoisotopic (exact) mass is 245 g/mol. The molecule has 96 valence electrons. The van der Waals surface area contributed by atoms with E-state index in [-0.39, 0.29) is 6.04 Å². The Morgan fingerprint density at radius 3 is 3.00 bits per heavy atom. The zero-order chi connectivity index (χ0) is 12.7. The van der Waals surface area contributed by atoms with Gasteiger partial charge in [0.05, 0.1) is 11.8 Å². The minimum Gasteiger partial charge on any atom is -0.353 e. The molecule has 3 rings (SSSR count). The largest absolute Gasteiger partial charge is 0.353 e. The van der Waals surface area contributed by atoms with E-state index in [4.69, 9.17) is 5.73 Å². The average Bonchev–Trinajstić information content (AvgIpc) is 2.75. The van der Waals surface area contributed by atoms with Crippen LogP contribution in [-0.2, 0) is 7.05 Å². The number of imidazole rings is 1. The van der Waals surface area contributed by atoms with E-state index in [2.05, 4.69) is 21.8 Å². The summed E-state index contributed by atoms with van der Waals surface area (Å²) in [6.45, 7) is 4.10. The quantitative estimate of drug-likeness (QED) is 0.818. The molecule has 0 saturated carbocycles. The second kappa shape index (κ2) is 4.24. The van der Waals surface area contributed by atoms with Crippen LogP contribution in [0.3, 0.4) is 0 Å². The summed E-state index contributed by atoms with van der Waals surface area (Å²) in [6.07, 6.45) is 4.80. The lowest BCUT2D eigenvalue weighted by atomic mass is 9.94. The normalized spacial score (nSPS) is 24.7. The Bertz CT molecular complexity index is 562. The number of fused-ring (bicyclic) bond motifs is 1. The van der Waals surface area contributed by atoms with Crippen LogP contribution in [0.5, 0.6) is 0 Å². The Hall–Kier alpha value is -1.62. The van der Waals surface area contributed by atoms with Crippen LogP contribution in [0.15, 0.2) is 18.6 Å². The molecule has 0 aliphatic carbocycles. The van der Waals surface area contributed by atoms with Crippen LogP contribution in [-0.4, -0.2) is 33.7 Å². The summed E-state index contributed by atoms with van der Waals surface area (Å²) in [5.74, 6) is 1.56. The van der Waals surface area contributed by atoms with Crippen LogP contribution in [0.25, 0.3) is 11.0 Å². The Morgan fingerprint density at radius 2 is 2.22 bits per heavy atom. The van der Waals surface area contributed by atoms with Gasteiger partial charge < -0.3 is 15.2 Å². The van der Waals surface area contributed by atoms with E-state index in [0.29, 0.717) is 5.92 Å². The summed E-state index contributed by atoms with van der Waals surface area (Å²) >= 11 is 0. The predicted molar refractivity (Wildman–Crippen MR) is 72.5 cm³/mol. The summed E-state index contributed by atoms with van der Waals surface area (Å²) in [5.41, 5.74) is 8.25. The zero-order valence-electron chi connectivity index (χ0n) is 10.9. The number of hydrogen-bond donors (Lipinski definition) is 1. The maximum Gasteiger partial charge on any atom is 0.156 e. The smallest absolute Gasteiger partial charge is 0.156 e. The number of rotatable bonds is 1. The van der Waals surface area contributed by atoms with Crippen molar-refractivity contribution in [1.29, 1.82) is 0 Å². The third kappa shape index (κ3) is 1.75. The van der Waals surface area contributed by atoms with Crippen LogP contribution in [0.4, 0.5) is 5.82 Å². The molecule has 1 aliphatic rings. The first kappa shape index (κ1) is 11.5. The number of anilines is 1. The van der Waals surface area contributed by atoms with E-state index < -0.39 is 0 Å². The molecule has 0 radical (unpaired) electrons. The Balaban J connectivity index is 1.99. The van der Waals surface area contributed by atoms with Crippen molar-refractivity contribution in [3.05, 3.63) is 18.6 Å². The minimum absolute atomic E-state index is 0.222. The highest BCUT2D eigenvalue weighted by molar-refractivity contribution is 5.86. The second-order valence-electron chi connectivity index (χ2n) is 5.23. The second-order valence-corrected chi connectivity index (χ2v) is 5.23. The van der Waals surface area contributed by atoms with Gasteiger partial charge in [0.2, 0.25) is 0 Å². The molecule has 5 nitrogen and oxygen atoms in total. The molecule has 1 aliphatic heterocycles. The molecule has 2 aromatic heterocycles. The highest BCUT2D eigenvalue weighted by atomic mass is 15.2. The number of nitrogens with zero attached hydrogens (tertiary/aromatic N) is 4. The summed E-state index contributed by atoms with van der Waals surface area (Å²) in [4.78, 5) is 11.2. The summed E-state index contributed by atoms with van der Waals surface area (Å²) in [7, 11) is 2.00. The summed E-state index contributed by atoms with van der Waals surface area (Å²) < 4.78 is 2.02. The van der Waals surface area contributed by atoms with Gasteiger partial charge in [0.15, 0.2) is 5.82 Å². The molecule has 1 fully saturated rings. The first-order chi connectivity index (χ1) is 8.66. The van der Waals surface area contributed by atoms with Gasteiger partial charge in [0.25, 0.3) is 0 Å². The van der Waals surface area contributed by atoms with Gasteiger partial charge in [-0.2, -0.15) is 0 Å². The molecule has 0 amide bonds. The van der Waals surface area contributed by atoms with E-state index >= 15 is 0 Å². The van der Waals surface area contributed by atoms with Gasteiger partial charge in [-0.1, -0.05) is 6.92 Å². The van der Waals surface area contributed by atoms with E-state index in [1.807, 2.05) is 30.2 Å². The van der Waals surface area contributed by atoms with Crippen LogP contribution >= 0.6 is 0 Å². The maximum atomic E-state index is 6.16. The first-order valence-corrected chi connectivity index (χ1v) is 6.43.